The van der Waals surface area contributed by atoms with E-state index in [1.807, 2.05) is 24.3 Å². The van der Waals surface area contributed by atoms with E-state index in [4.69, 9.17) is 14.3 Å². The number of aliphatic hydroxyl groups is 1. The lowest BCUT2D eigenvalue weighted by atomic mass is 10.1. The van der Waals surface area contributed by atoms with E-state index in [-0.39, 0.29) is 12.6 Å². The Labute approximate surface area is 119 Å². The molecule has 1 aromatic carbocycles. The maximum atomic E-state index is 8.86. The van der Waals surface area contributed by atoms with Gasteiger partial charge in [0.05, 0.1) is 13.2 Å². The molecule has 20 heavy (non-hydrogen) atoms. The van der Waals surface area contributed by atoms with E-state index in [9.17, 15) is 0 Å². The minimum Gasteiger partial charge on any atom is -0.493 e. The van der Waals surface area contributed by atoms with Crippen LogP contribution in [0.25, 0.3) is 11.0 Å². The maximum absolute atomic E-state index is 8.86. The molecule has 4 nitrogen and oxygen atoms in total. The van der Waals surface area contributed by atoms with Crippen LogP contribution in [0.5, 0.6) is 5.75 Å². The first-order valence-corrected chi connectivity index (χ1v) is 7.09. The second-order valence-corrected chi connectivity index (χ2v) is 5.18. The third kappa shape index (κ3) is 3.32. The van der Waals surface area contributed by atoms with Crippen LogP contribution < -0.4 is 10.1 Å². The fourth-order valence-electron chi connectivity index (χ4n) is 2.42. The summed E-state index contributed by atoms with van der Waals surface area (Å²) in [6.45, 7) is 4.44. The van der Waals surface area contributed by atoms with Gasteiger partial charge < -0.3 is 19.6 Å². The van der Waals surface area contributed by atoms with Crippen molar-refractivity contribution in [3.63, 3.8) is 0 Å². The Morgan fingerprint density at radius 2 is 2.15 bits per heavy atom. The average Bonchev–Trinajstić information content (AvgIpc) is 2.89. The molecular weight excluding hydrogens is 254 g/mol. The van der Waals surface area contributed by atoms with Crippen LogP contribution in [0.4, 0.5) is 0 Å². The summed E-state index contributed by atoms with van der Waals surface area (Å²) >= 11 is 0. The Kier molecular flexibility index (Phi) is 5.04. The smallest absolute Gasteiger partial charge is 0.176 e. The fourth-order valence-corrected chi connectivity index (χ4v) is 2.42. The van der Waals surface area contributed by atoms with Crippen LogP contribution >= 0.6 is 0 Å². The monoisotopic (exact) mass is 277 g/mol. The zero-order valence-corrected chi connectivity index (χ0v) is 12.3. The van der Waals surface area contributed by atoms with Crippen LogP contribution in [0.2, 0.25) is 0 Å². The molecule has 0 amide bonds. The molecule has 2 rings (SSSR count). The molecule has 1 heterocycles. The summed E-state index contributed by atoms with van der Waals surface area (Å²) in [6.07, 6.45) is 1.76. The molecule has 110 valence electrons. The minimum absolute atomic E-state index is 0.126. The molecule has 2 N–H and O–H groups in total. The Hall–Kier alpha value is -1.52. The van der Waals surface area contributed by atoms with E-state index in [0.717, 1.165) is 35.3 Å². The van der Waals surface area contributed by atoms with Gasteiger partial charge in [0.15, 0.2) is 11.3 Å². The second kappa shape index (κ2) is 6.77. The number of hydrogen-bond acceptors (Lipinski definition) is 4. The molecular formula is C16H23NO3. The van der Waals surface area contributed by atoms with Crippen LogP contribution in [-0.2, 0) is 0 Å². The minimum atomic E-state index is 0.126. The number of hydrogen-bond donors (Lipinski definition) is 2. The zero-order valence-electron chi connectivity index (χ0n) is 12.3. The molecule has 0 saturated carbocycles. The van der Waals surface area contributed by atoms with E-state index in [1.165, 1.54) is 0 Å². The van der Waals surface area contributed by atoms with Gasteiger partial charge in [-0.3, -0.25) is 0 Å². The van der Waals surface area contributed by atoms with E-state index < -0.39 is 0 Å². The molecule has 0 radical (unpaired) electrons. The van der Waals surface area contributed by atoms with Crippen LogP contribution in [0.15, 0.2) is 28.7 Å². The average molecular weight is 277 g/mol. The summed E-state index contributed by atoms with van der Waals surface area (Å²) in [6, 6.07) is 8.40. The van der Waals surface area contributed by atoms with Gasteiger partial charge in [-0.2, -0.15) is 0 Å². The Bertz CT molecular complexity index is 550. The van der Waals surface area contributed by atoms with Gasteiger partial charge in [-0.25, -0.2) is 0 Å². The number of para-hydroxylation sites is 1. The summed E-state index contributed by atoms with van der Waals surface area (Å²) < 4.78 is 11.2. The third-order valence-corrected chi connectivity index (χ3v) is 3.50. The first-order chi connectivity index (χ1) is 9.65. The molecule has 4 heteroatoms. The van der Waals surface area contributed by atoms with Gasteiger partial charge in [0.25, 0.3) is 0 Å². The highest BCUT2D eigenvalue weighted by molar-refractivity contribution is 5.83. The molecule has 0 aliphatic heterocycles. The van der Waals surface area contributed by atoms with Crippen LogP contribution in [0.3, 0.4) is 0 Å². The van der Waals surface area contributed by atoms with E-state index in [1.54, 1.807) is 7.11 Å². The predicted octanol–water partition coefficient (Wildman–Crippen LogP) is 3.25. The van der Waals surface area contributed by atoms with Gasteiger partial charge in [0.1, 0.15) is 5.76 Å². The summed E-state index contributed by atoms with van der Waals surface area (Å²) in [5, 5.41) is 13.4. The van der Waals surface area contributed by atoms with Crippen molar-refractivity contribution in [3.8, 4) is 5.75 Å². The van der Waals surface area contributed by atoms with Crippen molar-refractivity contribution in [1.82, 2.24) is 5.32 Å². The van der Waals surface area contributed by atoms with Gasteiger partial charge in [0.2, 0.25) is 0 Å². The summed E-state index contributed by atoms with van der Waals surface area (Å²) in [4.78, 5) is 0. The van der Waals surface area contributed by atoms with Crippen molar-refractivity contribution < 1.29 is 14.3 Å². The number of furan rings is 1. The fraction of sp³-hybridized carbons (Fsp3) is 0.500. The number of ether oxygens (including phenoxy) is 1. The molecule has 1 aromatic heterocycles. The quantitative estimate of drug-likeness (QED) is 0.815. The van der Waals surface area contributed by atoms with Crippen LogP contribution in [0, 0.1) is 0 Å². The van der Waals surface area contributed by atoms with E-state index in [0.29, 0.717) is 6.04 Å². The number of aliphatic hydroxyl groups excluding tert-OH is 1. The summed E-state index contributed by atoms with van der Waals surface area (Å²) in [5.41, 5.74) is 0.793. The Balaban J connectivity index is 2.12. The van der Waals surface area contributed by atoms with Gasteiger partial charge in [-0.15, -0.1) is 0 Å². The van der Waals surface area contributed by atoms with Crippen molar-refractivity contribution in [1.29, 1.82) is 0 Å². The van der Waals surface area contributed by atoms with E-state index >= 15 is 0 Å². The standard InChI is InChI=1S/C16H23NO3/c1-11(6-5-9-18)17-12(2)15-10-13-7-4-8-14(19-3)16(13)20-15/h4,7-8,10-12,17-18H,5-6,9H2,1-3H3. The van der Waals surface area contributed by atoms with Crippen LogP contribution in [-0.4, -0.2) is 24.9 Å². The highest BCUT2D eigenvalue weighted by Gasteiger charge is 2.15. The van der Waals surface area contributed by atoms with Gasteiger partial charge in [0, 0.05) is 18.0 Å². The maximum Gasteiger partial charge on any atom is 0.176 e. The Morgan fingerprint density at radius 3 is 2.85 bits per heavy atom. The van der Waals surface area contributed by atoms with Crippen molar-refractivity contribution in [2.45, 2.75) is 38.8 Å². The zero-order chi connectivity index (χ0) is 14.5. The first-order valence-electron chi connectivity index (χ1n) is 7.09. The van der Waals surface area contributed by atoms with Crippen molar-refractivity contribution in [2.75, 3.05) is 13.7 Å². The number of benzene rings is 1. The van der Waals surface area contributed by atoms with Gasteiger partial charge in [-0.1, -0.05) is 12.1 Å². The molecule has 0 fully saturated rings. The van der Waals surface area contributed by atoms with Crippen molar-refractivity contribution in [3.05, 3.63) is 30.0 Å². The lowest BCUT2D eigenvalue weighted by Gasteiger charge is -2.17. The van der Waals surface area contributed by atoms with Crippen molar-refractivity contribution >= 4 is 11.0 Å². The lowest BCUT2D eigenvalue weighted by molar-refractivity contribution is 0.273. The normalized spacial score (nSPS) is 14.4. The topological polar surface area (TPSA) is 54.6 Å². The molecule has 0 spiro atoms. The van der Waals surface area contributed by atoms with Gasteiger partial charge >= 0.3 is 0 Å². The predicted molar refractivity (Wildman–Crippen MR) is 80.1 cm³/mol. The van der Waals surface area contributed by atoms with Crippen LogP contribution in [0.1, 0.15) is 38.5 Å². The molecule has 2 atom stereocenters. The number of methoxy groups -OCH3 is 1. The SMILES string of the molecule is COc1cccc2cc(C(C)NC(C)CCCO)oc12. The number of nitrogens with one attached hydrogen (secondary N) is 1. The Morgan fingerprint density at radius 1 is 1.35 bits per heavy atom. The molecule has 2 aromatic rings. The molecule has 0 bridgehead atoms. The molecule has 0 saturated heterocycles. The third-order valence-electron chi connectivity index (χ3n) is 3.50. The second-order valence-electron chi connectivity index (χ2n) is 5.18. The first kappa shape index (κ1) is 14.9. The van der Waals surface area contributed by atoms with Gasteiger partial charge in [-0.05, 0) is 38.8 Å². The highest BCUT2D eigenvalue weighted by Crippen LogP contribution is 2.31. The number of fused-ring (bicyclic) bond motifs is 1. The van der Waals surface area contributed by atoms with Crippen molar-refractivity contribution in [2.24, 2.45) is 0 Å². The number of rotatable bonds is 7. The molecule has 2 unspecified atom stereocenters. The summed E-state index contributed by atoms with van der Waals surface area (Å²) in [7, 11) is 1.65. The lowest BCUT2D eigenvalue weighted by Crippen LogP contribution is -2.28. The summed E-state index contributed by atoms with van der Waals surface area (Å²) in [5.74, 6) is 1.66. The molecule has 0 aliphatic rings. The van der Waals surface area contributed by atoms with E-state index in [2.05, 4.69) is 19.2 Å². The highest BCUT2D eigenvalue weighted by atomic mass is 16.5. The largest absolute Gasteiger partial charge is 0.493 e. The molecule has 0 aliphatic carbocycles.